The molecule has 0 saturated carbocycles. The van der Waals surface area contributed by atoms with E-state index in [1.54, 1.807) is 23.7 Å². The van der Waals surface area contributed by atoms with Gasteiger partial charge in [-0.3, -0.25) is 0 Å². The normalized spacial score (nSPS) is 10.8. The maximum absolute atomic E-state index is 13.0. The van der Waals surface area contributed by atoms with Crippen LogP contribution in [0.4, 0.5) is 4.39 Å². The third-order valence-corrected chi connectivity index (χ3v) is 2.99. The molecule has 1 N–H and O–H groups in total. The van der Waals surface area contributed by atoms with E-state index in [2.05, 4.69) is 5.10 Å². The Bertz CT molecular complexity index is 539. The minimum Gasteiger partial charge on any atom is -0.391 e. The summed E-state index contributed by atoms with van der Waals surface area (Å²) in [4.78, 5) is 0. The zero-order valence-electron chi connectivity index (χ0n) is 9.32. The van der Waals surface area contributed by atoms with Gasteiger partial charge in [0.05, 0.1) is 18.8 Å². The highest BCUT2D eigenvalue weighted by Gasteiger charge is 2.12. The van der Waals surface area contributed by atoms with Gasteiger partial charge in [0.1, 0.15) is 11.0 Å². The Morgan fingerprint density at radius 1 is 1.47 bits per heavy atom. The molecule has 1 aromatic heterocycles. The third kappa shape index (κ3) is 2.48. The number of aryl methyl sites for hydroxylation is 1. The van der Waals surface area contributed by atoms with E-state index in [1.165, 1.54) is 12.1 Å². The Morgan fingerprint density at radius 3 is 2.82 bits per heavy atom. The van der Waals surface area contributed by atoms with Crippen molar-refractivity contribution in [2.75, 3.05) is 0 Å². The highest BCUT2D eigenvalue weighted by Crippen LogP contribution is 2.20. The average molecular weight is 255 g/mol. The van der Waals surface area contributed by atoms with Crippen LogP contribution in [-0.2, 0) is 13.2 Å². The fourth-order valence-electron chi connectivity index (χ4n) is 1.68. The molecule has 0 aliphatic rings. The monoisotopic (exact) mass is 254 g/mol. The van der Waals surface area contributed by atoms with Crippen molar-refractivity contribution in [2.24, 2.45) is 0 Å². The molecule has 0 fully saturated rings. The van der Waals surface area contributed by atoms with Crippen molar-refractivity contribution in [3.63, 3.8) is 0 Å². The molecule has 1 heterocycles. The molecule has 90 valence electrons. The number of nitrogens with zero attached hydrogens (tertiary/aromatic N) is 2. The summed E-state index contributed by atoms with van der Waals surface area (Å²) in [7, 11) is 0. The topological polar surface area (TPSA) is 38.0 Å². The highest BCUT2D eigenvalue weighted by molar-refractivity contribution is 6.30. The first kappa shape index (κ1) is 12.1. The lowest BCUT2D eigenvalue weighted by molar-refractivity contribution is 0.281. The lowest BCUT2D eigenvalue weighted by Gasteiger charge is -2.03. The van der Waals surface area contributed by atoms with Gasteiger partial charge >= 0.3 is 0 Å². The van der Waals surface area contributed by atoms with Gasteiger partial charge < -0.3 is 5.11 Å². The van der Waals surface area contributed by atoms with Crippen LogP contribution < -0.4 is 0 Å². The Morgan fingerprint density at radius 2 is 2.24 bits per heavy atom. The summed E-state index contributed by atoms with van der Waals surface area (Å²) in [5.74, 6) is -0.287. The van der Waals surface area contributed by atoms with Crippen LogP contribution in [0, 0.1) is 12.7 Å². The molecule has 1 aromatic carbocycles. The number of aromatic nitrogens is 2. The van der Waals surface area contributed by atoms with Crippen LogP contribution in [0.5, 0.6) is 0 Å². The molecule has 0 aliphatic heterocycles. The second-order valence-corrected chi connectivity index (χ2v) is 4.16. The van der Waals surface area contributed by atoms with Crippen molar-refractivity contribution in [3.8, 4) is 0 Å². The molecular formula is C12H12ClFN2O. The molecule has 2 aromatic rings. The quantitative estimate of drug-likeness (QED) is 0.914. The summed E-state index contributed by atoms with van der Waals surface area (Å²) in [5, 5.41) is 13.7. The van der Waals surface area contributed by atoms with Crippen molar-refractivity contribution in [1.29, 1.82) is 0 Å². The Labute approximate surface area is 103 Å². The van der Waals surface area contributed by atoms with E-state index in [-0.39, 0.29) is 12.4 Å². The van der Waals surface area contributed by atoms with E-state index in [9.17, 15) is 4.39 Å². The summed E-state index contributed by atoms with van der Waals surface area (Å²) in [6, 6.07) is 6.27. The molecule has 0 saturated heterocycles. The molecular weight excluding hydrogens is 243 g/mol. The molecule has 0 aliphatic carbocycles. The molecule has 5 heteroatoms. The molecule has 17 heavy (non-hydrogen) atoms. The van der Waals surface area contributed by atoms with Gasteiger partial charge in [0.2, 0.25) is 0 Å². The molecule has 0 spiro atoms. The van der Waals surface area contributed by atoms with Crippen LogP contribution in [0.1, 0.15) is 16.8 Å². The van der Waals surface area contributed by atoms with Gasteiger partial charge in [-0.15, -0.1) is 0 Å². The van der Waals surface area contributed by atoms with Gasteiger partial charge in [-0.05, 0) is 24.6 Å². The van der Waals surface area contributed by atoms with Gasteiger partial charge in [-0.2, -0.15) is 5.10 Å². The van der Waals surface area contributed by atoms with Gasteiger partial charge in [-0.1, -0.05) is 23.7 Å². The van der Waals surface area contributed by atoms with Crippen LogP contribution in [0.3, 0.4) is 0 Å². The summed E-state index contributed by atoms with van der Waals surface area (Å²) in [6.45, 7) is 2.02. The smallest absolute Gasteiger partial charge is 0.133 e. The van der Waals surface area contributed by atoms with Crippen LogP contribution in [0.15, 0.2) is 24.3 Å². The second-order valence-electron chi connectivity index (χ2n) is 3.80. The first-order valence-corrected chi connectivity index (χ1v) is 5.56. The number of hydrogen-bond donors (Lipinski definition) is 1. The summed E-state index contributed by atoms with van der Waals surface area (Å²) < 4.78 is 14.6. The van der Waals surface area contributed by atoms with Crippen LogP contribution in [-0.4, -0.2) is 14.9 Å². The van der Waals surface area contributed by atoms with Crippen LogP contribution >= 0.6 is 11.6 Å². The third-order valence-electron chi connectivity index (χ3n) is 2.56. The van der Waals surface area contributed by atoms with Crippen LogP contribution in [0.2, 0.25) is 5.15 Å². The van der Waals surface area contributed by atoms with Crippen LogP contribution in [0.25, 0.3) is 0 Å². The van der Waals surface area contributed by atoms with Crippen molar-refractivity contribution in [1.82, 2.24) is 9.78 Å². The van der Waals surface area contributed by atoms with E-state index in [4.69, 9.17) is 16.7 Å². The van der Waals surface area contributed by atoms with Crippen molar-refractivity contribution < 1.29 is 9.50 Å². The maximum Gasteiger partial charge on any atom is 0.133 e. The first-order valence-electron chi connectivity index (χ1n) is 5.19. The fraction of sp³-hybridized carbons (Fsp3) is 0.250. The Kier molecular flexibility index (Phi) is 3.45. The van der Waals surface area contributed by atoms with Gasteiger partial charge in [0.25, 0.3) is 0 Å². The minimum absolute atomic E-state index is 0.145. The molecule has 2 rings (SSSR count). The number of aliphatic hydroxyl groups excluding tert-OH is 1. The molecule has 0 bridgehead atoms. The van der Waals surface area contributed by atoms with Gasteiger partial charge in [0, 0.05) is 5.56 Å². The molecule has 0 unspecified atom stereocenters. The molecule has 0 radical (unpaired) electrons. The lowest BCUT2D eigenvalue weighted by atomic mass is 10.2. The predicted octanol–water partition coefficient (Wildman–Crippen LogP) is 2.52. The SMILES string of the molecule is Cc1nn(Cc2cccc(F)c2)c(Cl)c1CO. The van der Waals surface area contributed by atoms with E-state index >= 15 is 0 Å². The van der Waals surface area contributed by atoms with E-state index in [0.717, 1.165) is 5.56 Å². The van der Waals surface area contributed by atoms with Gasteiger partial charge in [-0.25, -0.2) is 9.07 Å². The van der Waals surface area contributed by atoms with Gasteiger partial charge in [0.15, 0.2) is 0 Å². The summed E-state index contributed by atoms with van der Waals surface area (Å²) in [5.41, 5.74) is 2.08. The minimum atomic E-state index is -0.287. The maximum atomic E-state index is 13.0. The zero-order chi connectivity index (χ0) is 12.4. The van der Waals surface area contributed by atoms with Crippen molar-refractivity contribution in [3.05, 3.63) is 52.1 Å². The Balaban J connectivity index is 2.30. The standard InChI is InChI=1S/C12H12ClFN2O/c1-8-11(7-17)12(13)16(15-8)6-9-3-2-4-10(14)5-9/h2-5,17H,6-7H2,1H3. The highest BCUT2D eigenvalue weighted by atomic mass is 35.5. The molecule has 0 atom stereocenters. The number of aliphatic hydroxyl groups is 1. The number of benzene rings is 1. The molecule has 0 amide bonds. The largest absolute Gasteiger partial charge is 0.391 e. The predicted molar refractivity (Wildman–Crippen MR) is 63.4 cm³/mol. The summed E-state index contributed by atoms with van der Waals surface area (Å²) in [6.07, 6.45) is 0. The van der Waals surface area contributed by atoms with E-state index in [1.807, 2.05) is 0 Å². The van der Waals surface area contributed by atoms with E-state index < -0.39 is 0 Å². The zero-order valence-corrected chi connectivity index (χ0v) is 10.1. The second kappa shape index (κ2) is 4.85. The number of rotatable bonds is 3. The number of halogens is 2. The van der Waals surface area contributed by atoms with Crippen molar-refractivity contribution in [2.45, 2.75) is 20.1 Å². The van der Waals surface area contributed by atoms with Crippen molar-refractivity contribution >= 4 is 11.6 Å². The molecule has 3 nitrogen and oxygen atoms in total. The average Bonchev–Trinajstić information content (AvgIpc) is 2.54. The lowest BCUT2D eigenvalue weighted by Crippen LogP contribution is -2.02. The fourth-order valence-corrected chi connectivity index (χ4v) is 1.98. The van der Waals surface area contributed by atoms with E-state index in [0.29, 0.717) is 23.0 Å². The Hall–Kier alpha value is -1.39. The summed E-state index contributed by atoms with van der Waals surface area (Å²) >= 11 is 6.07. The number of hydrogen-bond acceptors (Lipinski definition) is 2. The first-order chi connectivity index (χ1) is 8.11.